The average molecular weight is 224 g/mol. The van der Waals surface area contributed by atoms with Crippen molar-refractivity contribution in [3.05, 3.63) is 24.8 Å². The molecule has 0 saturated carbocycles. The van der Waals surface area contributed by atoms with Gasteiger partial charge in [-0.15, -0.1) is 6.58 Å². The maximum absolute atomic E-state index is 12.1. The summed E-state index contributed by atoms with van der Waals surface area (Å²) < 4.78 is 4.98. The molecule has 0 radical (unpaired) electrons. The molecule has 1 aliphatic rings. The minimum absolute atomic E-state index is 0.0157. The Morgan fingerprint density at radius 2 is 2.44 bits per heavy atom. The van der Waals surface area contributed by atoms with Crippen LogP contribution in [0.25, 0.3) is 0 Å². The molecule has 90 valence electrons. The lowest BCUT2D eigenvalue weighted by Crippen LogP contribution is -2.38. The van der Waals surface area contributed by atoms with Gasteiger partial charge in [-0.05, 0) is 6.42 Å². The highest BCUT2D eigenvalue weighted by atomic mass is 16.5. The molecule has 0 saturated heterocycles. The lowest BCUT2D eigenvalue weighted by molar-refractivity contribution is -0.134. The van der Waals surface area contributed by atoms with E-state index < -0.39 is 0 Å². The minimum atomic E-state index is -0.0770. The fourth-order valence-electron chi connectivity index (χ4n) is 1.79. The van der Waals surface area contributed by atoms with Crippen LogP contribution in [0.15, 0.2) is 24.8 Å². The summed E-state index contributed by atoms with van der Waals surface area (Å²) in [6, 6.07) is 0.0157. The van der Waals surface area contributed by atoms with Crippen LogP contribution in [0.2, 0.25) is 0 Å². The maximum Gasteiger partial charge on any atom is 0.229 e. The number of carbonyl (C=O) groups is 1. The Hall–Kier alpha value is -1.13. The summed E-state index contributed by atoms with van der Waals surface area (Å²) in [6.07, 6.45) is 6.23. The predicted molar refractivity (Wildman–Crippen MR) is 63.9 cm³/mol. The molecule has 2 atom stereocenters. The normalized spacial score (nSPS) is 23.4. The van der Waals surface area contributed by atoms with Crippen LogP contribution in [0.3, 0.4) is 0 Å². The molecule has 4 heteroatoms. The van der Waals surface area contributed by atoms with Gasteiger partial charge in [-0.1, -0.05) is 18.2 Å². The zero-order valence-electron chi connectivity index (χ0n) is 9.76. The summed E-state index contributed by atoms with van der Waals surface area (Å²) in [7, 11) is 1.63. The lowest BCUT2D eigenvalue weighted by Gasteiger charge is -2.23. The molecular formula is C12H20N2O2. The molecule has 0 aromatic rings. The number of rotatable bonds is 6. The zero-order chi connectivity index (χ0) is 12.0. The molecule has 0 fully saturated rings. The Morgan fingerprint density at radius 3 is 2.94 bits per heavy atom. The molecule has 4 nitrogen and oxygen atoms in total. The van der Waals surface area contributed by atoms with Gasteiger partial charge in [0.05, 0.1) is 12.5 Å². The monoisotopic (exact) mass is 224 g/mol. The second-order valence-electron chi connectivity index (χ2n) is 3.96. The summed E-state index contributed by atoms with van der Waals surface area (Å²) in [5.41, 5.74) is 5.73. The molecule has 2 N–H and O–H groups in total. The van der Waals surface area contributed by atoms with Gasteiger partial charge in [-0.3, -0.25) is 4.79 Å². The highest BCUT2D eigenvalue weighted by Gasteiger charge is 2.26. The van der Waals surface area contributed by atoms with Crippen LogP contribution in [0.1, 0.15) is 6.42 Å². The molecule has 0 aromatic heterocycles. The van der Waals surface area contributed by atoms with Crippen LogP contribution in [-0.4, -0.2) is 43.7 Å². The van der Waals surface area contributed by atoms with Crippen LogP contribution in [-0.2, 0) is 9.53 Å². The van der Waals surface area contributed by atoms with Crippen LogP contribution in [0, 0.1) is 5.92 Å². The first kappa shape index (κ1) is 12.9. The Kier molecular flexibility index (Phi) is 5.22. The second kappa shape index (κ2) is 6.45. The standard InChI is InChI=1S/C12H20N2O2/c1-3-6-14(7-8-16-2)12(15)10-4-5-11(13)9-10/h3-5,10-11H,1,6-9,13H2,2H3. The van der Waals surface area contributed by atoms with Crippen molar-refractivity contribution < 1.29 is 9.53 Å². The fourth-order valence-corrected chi connectivity index (χ4v) is 1.79. The Labute approximate surface area is 96.7 Å². The molecule has 0 aromatic carbocycles. The summed E-state index contributed by atoms with van der Waals surface area (Å²) in [5.74, 6) is 0.0351. The van der Waals surface area contributed by atoms with Gasteiger partial charge in [0, 0.05) is 26.2 Å². The highest BCUT2D eigenvalue weighted by molar-refractivity contribution is 5.81. The van der Waals surface area contributed by atoms with E-state index in [1.54, 1.807) is 18.1 Å². The number of amides is 1. The maximum atomic E-state index is 12.1. The van der Waals surface area contributed by atoms with Gasteiger partial charge in [0.1, 0.15) is 0 Å². The van der Waals surface area contributed by atoms with Crippen LogP contribution < -0.4 is 5.73 Å². The van der Waals surface area contributed by atoms with Crippen LogP contribution in [0.4, 0.5) is 0 Å². The van der Waals surface area contributed by atoms with Crippen molar-refractivity contribution in [2.75, 3.05) is 26.8 Å². The van der Waals surface area contributed by atoms with Crippen molar-refractivity contribution in [1.82, 2.24) is 4.90 Å². The van der Waals surface area contributed by atoms with E-state index >= 15 is 0 Å². The molecule has 1 rings (SSSR count). The Morgan fingerprint density at radius 1 is 1.69 bits per heavy atom. The summed E-state index contributed by atoms with van der Waals surface area (Å²) in [4.78, 5) is 13.9. The van der Waals surface area contributed by atoms with Crippen molar-refractivity contribution in [3.63, 3.8) is 0 Å². The van der Waals surface area contributed by atoms with Crippen LogP contribution >= 0.6 is 0 Å². The van der Waals surface area contributed by atoms with E-state index in [2.05, 4.69) is 6.58 Å². The van der Waals surface area contributed by atoms with Crippen molar-refractivity contribution in [2.24, 2.45) is 11.7 Å². The molecule has 0 spiro atoms. The van der Waals surface area contributed by atoms with Crippen LogP contribution in [0.5, 0.6) is 0 Å². The summed E-state index contributed by atoms with van der Waals surface area (Å²) in [5, 5.41) is 0. The zero-order valence-corrected chi connectivity index (χ0v) is 9.76. The van der Waals surface area contributed by atoms with Crippen molar-refractivity contribution in [2.45, 2.75) is 12.5 Å². The van der Waals surface area contributed by atoms with Gasteiger partial charge in [0.2, 0.25) is 5.91 Å². The van der Waals surface area contributed by atoms with E-state index in [9.17, 15) is 4.79 Å². The first-order chi connectivity index (χ1) is 7.69. The summed E-state index contributed by atoms with van der Waals surface area (Å²) in [6.45, 7) is 5.35. The number of nitrogens with zero attached hydrogens (tertiary/aromatic N) is 1. The van der Waals surface area contributed by atoms with Gasteiger partial charge in [0.15, 0.2) is 0 Å². The van der Waals surface area contributed by atoms with E-state index in [1.807, 2.05) is 12.2 Å². The predicted octanol–water partition coefficient (Wildman–Crippen LogP) is 0.551. The topological polar surface area (TPSA) is 55.6 Å². The number of methoxy groups -OCH3 is 1. The Balaban J connectivity index is 2.52. The van der Waals surface area contributed by atoms with Crippen molar-refractivity contribution >= 4 is 5.91 Å². The number of nitrogens with two attached hydrogens (primary N) is 1. The van der Waals surface area contributed by atoms with E-state index in [-0.39, 0.29) is 17.9 Å². The van der Waals surface area contributed by atoms with Gasteiger partial charge < -0.3 is 15.4 Å². The van der Waals surface area contributed by atoms with E-state index in [4.69, 9.17) is 10.5 Å². The third kappa shape index (κ3) is 3.47. The minimum Gasteiger partial charge on any atom is -0.383 e. The molecule has 0 bridgehead atoms. The van der Waals surface area contributed by atoms with Gasteiger partial charge >= 0.3 is 0 Å². The average Bonchev–Trinajstić information content (AvgIpc) is 2.70. The van der Waals surface area contributed by atoms with Gasteiger partial charge in [-0.2, -0.15) is 0 Å². The quantitative estimate of drug-likeness (QED) is 0.670. The van der Waals surface area contributed by atoms with Gasteiger partial charge in [-0.25, -0.2) is 0 Å². The second-order valence-corrected chi connectivity index (χ2v) is 3.96. The molecule has 1 aliphatic carbocycles. The molecule has 2 unspecified atom stereocenters. The first-order valence-corrected chi connectivity index (χ1v) is 5.51. The SMILES string of the molecule is C=CCN(CCOC)C(=O)C1C=CC(N)C1. The summed E-state index contributed by atoms with van der Waals surface area (Å²) >= 11 is 0. The molecule has 0 aliphatic heterocycles. The van der Waals surface area contributed by atoms with Gasteiger partial charge in [0.25, 0.3) is 0 Å². The molecule has 1 amide bonds. The van der Waals surface area contributed by atoms with Crippen molar-refractivity contribution in [3.8, 4) is 0 Å². The largest absolute Gasteiger partial charge is 0.383 e. The highest BCUT2D eigenvalue weighted by Crippen LogP contribution is 2.18. The fraction of sp³-hybridized carbons (Fsp3) is 0.583. The first-order valence-electron chi connectivity index (χ1n) is 5.51. The smallest absolute Gasteiger partial charge is 0.229 e. The van der Waals surface area contributed by atoms with E-state index in [0.717, 1.165) is 0 Å². The molecular weight excluding hydrogens is 204 g/mol. The number of carbonyl (C=O) groups excluding carboxylic acids is 1. The molecule has 0 heterocycles. The lowest BCUT2D eigenvalue weighted by atomic mass is 10.1. The molecule has 16 heavy (non-hydrogen) atoms. The number of hydrogen-bond donors (Lipinski definition) is 1. The third-order valence-corrected chi connectivity index (χ3v) is 2.66. The number of ether oxygens (including phenoxy) is 1. The third-order valence-electron chi connectivity index (χ3n) is 2.66. The van der Waals surface area contributed by atoms with Crippen molar-refractivity contribution in [1.29, 1.82) is 0 Å². The van der Waals surface area contributed by atoms with E-state index in [1.165, 1.54) is 0 Å². The number of hydrogen-bond acceptors (Lipinski definition) is 3. The Bertz CT molecular complexity index is 276. The van der Waals surface area contributed by atoms with E-state index in [0.29, 0.717) is 26.1 Å².